The zero-order valence-electron chi connectivity index (χ0n) is 10.1. The van der Waals surface area contributed by atoms with Crippen molar-refractivity contribution < 1.29 is 13.6 Å². The van der Waals surface area contributed by atoms with E-state index in [4.69, 9.17) is 6.42 Å². The molecule has 0 spiro atoms. The fourth-order valence-corrected chi connectivity index (χ4v) is 2.06. The number of terminal acetylenes is 1. The van der Waals surface area contributed by atoms with E-state index in [1.165, 1.54) is 0 Å². The first-order valence-corrected chi connectivity index (χ1v) is 6.10. The minimum atomic E-state index is -2.58. The van der Waals surface area contributed by atoms with E-state index in [9.17, 15) is 13.6 Å². The van der Waals surface area contributed by atoms with Gasteiger partial charge in [-0.15, -0.1) is 12.3 Å². The smallest absolute Gasteiger partial charge is 0.248 e. The average molecular weight is 243 g/mol. The summed E-state index contributed by atoms with van der Waals surface area (Å²) in [6.07, 6.45) is 6.62. The Bertz CT molecular complexity index is 299. The van der Waals surface area contributed by atoms with Gasteiger partial charge in [0, 0.05) is 31.2 Å². The van der Waals surface area contributed by atoms with Crippen LogP contribution in [0, 0.1) is 18.3 Å². The lowest BCUT2D eigenvalue weighted by atomic mass is 9.86. The molecule has 1 rings (SSSR count). The van der Waals surface area contributed by atoms with Gasteiger partial charge in [0.1, 0.15) is 0 Å². The van der Waals surface area contributed by atoms with Gasteiger partial charge in [-0.1, -0.05) is 6.92 Å². The molecule has 1 atom stereocenters. The lowest BCUT2D eigenvalue weighted by Gasteiger charge is -2.28. The van der Waals surface area contributed by atoms with Gasteiger partial charge in [0.2, 0.25) is 11.8 Å². The zero-order valence-corrected chi connectivity index (χ0v) is 10.1. The van der Waals surface area contributed by atoms with Crippen molar-refractivity contribution in [2.45, 2.75) is 57.4 Å². The Morgan fingerprint density at radius 1 is 1.53 bits per heavy atom. The van der Waals surface area contributed by atoms with E-state index in [0.717, 1.165) is 6.42 Å². The fraction of sp³-hybridized carbons (Fsp3) is 0.769. The molecule has 1 fully saturated rings. The van der Waals surface area contributed by atoms with Crippen LogP contribution in [0.15, 0.2) is 0 Å². The zero-order chi connectivity index (χ0) is 12.9. The summed E-state index contributed by atoms with van der Waals surface area (Å²) in [5, 5.41) is 2.84. The average Bonchev–Trinajstić information content (AvgIpc) is 2.28. The number of alkyl halides is 2. The summed E-state index contributed by atoms with van der Waals surface area (Å²) in [5.74, 6) is -0.477. The van der Waals surface area contributed by atoms with Gasteiger partial charge >= 0.3 is 0 Å². The van der Waals surface area contributed by atoms with Crippen LogP contribution in [-0.2, 0) is 4.79 Å². The number of carbonyl (C=O) groups excluding carboxylic acids is 1. The van der Waals surface area contributed by atoms with E-state index >= 15 is 0 Å². The number of hydrogen-bond donors (Lipinski definition) is 1. The third-order valence-corrected chi connectivity index (χ3v) is 3.29. The topological polar surface area (TPSA) is 29.1 Å². The Kier molecular flexibility index (Phi) is 4.92. The molecule has 0 bridgehead atoms. The van der Waals surface area contributed by atoms with Crippen LogP contribution in [0.25, 0.3) is 0 Å². The Labute approximate surface area is 101 Å². The highest BCUT2D eigenvalue weighted by molar-refractivity contribution is 5.79. The summed E-state index contributed by atoms with van der Waals surface area (Å²) >= 11 is 0. The van der Waals surface area contributed by atoms with Crippen molar-refractivity contribution in [2.75, 3.05) is 0 Å². The number of hydrogen-bond acceptors (Lipinski definition) is 1. The minimum Gasteiger partial charge on any atom is -0.352 e. The van der Waals surface area contributed by atoms with E-state index < -0.39 is 5.92 Å². The van der Waals surface area contributed by atoms with Gasteiger partial charge in [0.25, 0.3) is 0 Å². The molecule has 0 aromatic rings. The monoisotopic (exact) mass is 243 g/mol. The van der Waals surface area contributed by atoms with Crippen molar-refractivity contribution in [3.05, 3.63) is 0 Å². The molecule has 1 aliphatic carbocycles. The SMILES string of the molecule is C#CCC(CC)NC(=O)C1CCC(F)(F)CC1. The number of amides is 1. The summed E-state index contributed by atoms with van der Waals surface area (Å²) < 4.78 is 25.9. The highest BCUT2D eigenvalue weighted by Gasteiger charge is 2.37. The maximum absolute atomic E-state index is 12.9. The molecule has 2 nitrogen and oxygen atoms in total. The molecular formula is C13H19F2NO. The quantitative estimate of drug-likeness (QED) is 0.756. The Morgan fingerprint density at radius 3 is 2.59 bits per heavy atom. The molecule has 1 saturated carbocycles. The second kappa shape index (κ2) is 6.00. The number of rotatable bonds is 4. The molecule has 1 N–H and O–H groups in total. The fourth-order valence-electron chi connectivity index (χ4n) is 2.06. The summed E-state index contributed by atoms with van der Waals surface area (Å²) in [4.78, 5) is 11.8. The lowest BCUT2D eigenvalue weighted by molar-refractivity contribution is -0.129. The van der Waals surface area contributed by atoms with E-state index in [2.05, 4.69) is 11.2 Å². The van der Waals surface area contributed by atoms with Crippen molar-refractivity contribution in [3.8, 4) is 12.3 Å². The first-order valence-electron chi connectivity index (χ1n) is 6.10. The maximum atomic E-state index is 12.9. The molecule has 0 aliphatic heterocycles. The Hall–Kier alpha value is -1.11. The van der Waals surface area contributed by atoms with Gasteiger partial charge in [-0.2, -0.15) is 0 Å². The number of halogens is 2. The molecule has 0 aromatic carbocycles. The molecule has 0 radical (unpaired) electrons. The standard InChI is InChI=1S/C13H19F2NO/c1-3-5-11(4-2)16-12(17)10-6-8-13(14,15)9-7-10/h1,10-11H,4-9H2,2H3,(H,16,17). The van der Waals surface area contributed by atoms with E-state index in [-0.39, 0.29) is 43.6 Å². The predicted molar refractivity (Wildman–Crippen MR) is 62.6 cm³/mol. The number of carbonyl (C=O) groups is 1. The molecule has 96 valence electrons. The van der Waals surface area contributed by atoms with Crippen molar-refractivity contribution in [1.29, 1.82) is 0 Å². The van der Waals surface area contributed by atoms with Gasteiger partial charge < -0.3 is 5.32 Å². The maximum Gasteiger partial charge on any atom is 0.248 e. The Morgan fingerprint density at radius 2 is 2.12 bits per heavy atom. The van der Waals surface area contributed by atoms with E-state index in [1.54, 1.807) is 0 Å². The molecule has 1 amide bonds. The Balaban J connectivity index is 2.41. The highest BCUT2D eigenvalue weighted by Crippen LogP contribution is 2.36. The predicted octanol–water partition coefficient (Wildman–Crippen LogP) is 2.73. The highest BCUT2D eigenvalue weighted by atomic mass is 19.3. The first-order chi connectivity index (χ1) is 7.98. The van der Waals surface area contributed by atoms with Crippen LogP contribution in [0.2, 0.25) is 0 Å². The minimum absolute atomic E-state index is 0.0325. The summed E-state index contributed by atoms with van der Waals surface area (Å²) in [6, 6.07) is -0.0325. The van der Waals surface area contributed by atoms with Gasteiger partial charge in [0.15, 0.2) is 0 Å². The molecule has 1 unspecified atom stereocenters. The summed E-state index contributed by atoms with van der Waals surface area (Å²) in [6.45, 7) is 1.94. The van der Waals surface area contributed by atoms with Crippen LogP contribution >= 0.6 is 0 Å². The first kappa shape index (κ1) is 14.0. The molecule has 4 heteroatoms. The van der Waals surface area contributed by atoms with Gasteiger partial charge in [0.05, 0.1) is 0 Å². The second-order valence-electron chi connectivity index (χ2n) is 4.65. The van der Waals surface area contributed by atoms with Crippen LogP contribution in [0.1, 0.15) is 45.4 Å². The normalized spacial score (nSPS) is 21.5. The molecule has 1 aliphatic rings. The van der Waals surface area contributed by atoms with Crippen LogP contribution in [-0.4, -0.2) is 17.9 Å². The van der Waals surface area contributed by atoms with Crippen LogP contribution in [0.5, 0.6) is 0 Å². The summed E-state index contributed by atoms with van der Waals surface area (Å²) in [5.41, 5.74) is 0. The van der Waals surface area contributed by atoms with Crippen molar-refractivity contribution in [3.63, 3.8) is 0 Å². The third-order valence-electron chi connectivity index (χ3n) is 3.29. The molecule has 0 saturated heterocycles. The van der Waals surface area contributed by atoms with Crippen molar-refractivity contribution in [2.24, 2.45) is 5.92 Å². The third kappa shape index (κ3) is 4.33. The molecule has 17 heavy (non-hydrogen) atoms. The number of nitrogens with one attached hydrogen (secondary N) is 1. The van der Waals surface area contributed by atoms with E-state index in [1.807, 2.05) is 6.92 Å². The van der Waals surface area contributed by atoms with Gasteiger partial charge in [-0.3, -0.25) is 4.79 Å². The van der Waals surface area contributed by atoms with Gasteiger partial charge in [-0.25, -0.2) is 8.78 Å². The molecule has 0 aromatic heterocycles. The van der Waals surface area contributed by atoms with Crippen LogP contribution in [0.4, 0.5) is 8.78 Å². The van der Waals surface area contributed by atoms with Crippen molar-refractivity contribution in [1.82, 2.24) is 5.32 Å². The van der Waals surface area contributed by atoms with E-state index in [0.29, 0.717) is 6.42 Å². The lowest BCUT2D eigenvalue weighted by Crippen LogP contribution is -2.41. The molecule has 0 heterocycles. The van der Waals surface area contributed by atoms with Gasteiger partial charge in [-0.05, 0) is 19.3 Å². The van der Waals surface area contributed by atoms with Crippen LogP contribution < -0.4 is 5.32 Å². The second-order valence-corrected chi connectivity index (χ2v) is 4.65. The largest absolute Gasteiger partial charge is 0.352 e. The molecular weight excluding hydrogens is 224 g/mol. The summed E-state index contributed by atoms with van der Waals surface area (Å²) in [7, 11) is 0. The van der Waals surface area contributed by atoms with Crippen molar-refractivity contribution >= 4 is 5.91 Å². The van der Waals surface area contributed by atoms with Crippen LogP contribution in [0.3, 0.4) is 0 Å².